The third kappa shape index (κ3) is 2.33. The Kier molecular flexibility index (Phi) is 3.09. The van der Waals surface area contributed by atoms with Crippen LogP contribution in [0, 0.1) is 6.92 Å². The smallest absolute Gasteiger partial charge is 0.337 e. The number of aromatic hydroxyl groups is 1. The standard InChI is InChI=1S/C12H15N3O3S/c1-6-8(16)14-10(18)15(9(6)17)11-13-7(5-19-11)12(2,3)4/h5,17H,1-4H3,(H,14,16,18). The lowest BCUT2D eigenvalue weighted by molar-refractivity contribution is 0.425. The predicted octanol–water partition coefficient (Wildman–Crippen LogP) is 1.29. The normalized spacial score (nSPS) is 11.8. The van der Waals surface area contributed by atoms with E-state index in [1.165, 1.54) is 18.3 Å². The fourth-order valence-corrected chi connectivity index (χ4v) is 2.55. The second-order valence-corrected chi connectivity index (χ2v) is 6.15. The third-order valence-electron chi connectivity index (χ3n) is 2.76. The molecule has 0 saturated carbocycles. The summed E-state index contributed by atoms with van der Waals surface area (Å²) in [6.45, 7) is 7.47. The average Bonchev–Trinajstić information content (AvgIpc) is 2.75. The second-order valence-electron chi connectivity index (χ2n) is 5.31. The van der Waals surface area contributed by atoms with Crippen LogP contribution in [0.15, 0.2) is 15.0 Å². The molecule has 0 aromatic carbocycles. The first-order valence-electron chi connectivity index (χ1n) is 5.73. The van der Waals surface area contributed by atoms with Gasteiger partial charge in [-0.1, -0.05) is 20.8 Å². The van der Waals surface area contributed by atoms with Gasteiger partial charge in [0.15, 0.2) is 0 Å². The molecule has 0 aliphatic heterocycles. The first-order chi connectivity index (χ1) is 8.71. The molecule has 0 unspecified atom stereocenters. The third-order valence-corrected chi connectivity index (χ3v) is 3.59. The molecule has 19 heavy (non-hydrogen) atoms. The fourth-order valence-electron chi connectivity index (χ4n) is 1.50. The van der Waals surface area contributed by atoms with E-state index >= 15 is 0 Å². The molecule has 0 atom stereocenters. The number of aromatic amines is 1. The van der Waals surface area contributed by atoms with Gasteiger partial charge < -0.3 is 5.11 Å². The van der Waals surface area contributed by atoms with Crippen molar-refractivity contribution in [3.05, 3.63) is 37.5 Å². The zero-order valence-corrected chi connectivity index (χ0v) is 12.0. The molecule has 0 aliphatic carbocycles. The van der Waals surface area contributed by atoms with Gasteiger partial charge in [-0.05, 0) is 6.92 Å². The van der Waals surface area contributed by atoms with Crippen molar-refractivity contribution in [1.82, 2.24) is 14.5 Å². The highest BCUT2D eigenvalue weighted by Gasteiger charge is 2.20. The maximum absolute atomic E-state index is 11.8. The van der Waals surface area contributed by atoms with Crippen molar-refractivity contribution in [2.24, 2.45) is 0 Å². The molecule has 0 spiro atoms. The molecule has 0 fully saturated rings. The molecule has 2 rings (SSSR count). The number of thiazole rings is 1. The maximum Gasteiger partial charge on any atom is 0.337 e. The molecule has 2 aromatic heterocycles. The van der Waals surface area contributed by atoms with Crippen LogP contribution in [0.1, 0.15) is 32.0 Å². The van der Waals surface area contributed by atoms with E-state index in [4.69, 9.17) is 0 Å². The van der Waals surface area contributed by atoms with Crippen molar-refractivity contribution >= 4 is 11.3 Å². The van der Waals surface area contributed by atoms with Crippen LogP contribution in [0.25, 0.3) is 5.13 Å². The minimum atomic E-state index is -0.692. The van der Waals surface area contributed by atoms with E-state index in [1.807, 2.05) is 26.2 Å². The SMILES string of the molecule is Cc1c(O)n(-c2nc(C(C)(C)C)cs2)c(=O)[nH]c1=O. The highest BCUT2D eigenvalue weighted by molar-refractivity contribution is 7.12. The number of hydrogen-bond acceptors (Lipinski definition) is 5. The number of aromatic nitrogens is 3. The zero-order chi connectivity index (χ0) is 14.4. The maximum atomic E-state index is 11.8. The van der Waals surface area contributed by atoms with Gasteiger partial charge in [0.05, 0.1) is 11.3 Å². The summed E-state index contributed by atoms with van der Waals surface area (Å²) in [5.74, 6) is -0.372. The molecular formula is C12H15N3O3S. The Morgan fingerprint density at radius 2 is 2.00 bits per heavy atom. The predicted molar refractivity (Wildman–Crippen MR) is 73.4 cm³/mol. The molecule has 2 heterocycles. The van der Waals surface area contributed by atoms with Crippen LogP contribution in [-0.2, 0) is 5.41 Å². The van der Waals surface area contributed by atoms with E-state index in [2.05, 4.69) is 9.97 Å². The highest BCUT2D eigenvalue weighted by Crippen LogP contribution is 2.26. The molecule has 2 N–H and O–H groups in total. The number of H-pyrrole nitrogens is 1. The summed E-state index contributed by atoms with van der Waals surface area (Å²) in [6.07, 6.45) is 0. The van der Waals surface area contributed by atoms with Crippen molar-refractivity contribution < 1.29 is 5.11 Å². The molecule has 6 nitrogen and oxygen atoms in total. The summed E-state index contributed by atoms with van der Waals surface area (Å²) in [5.41, 5.74) is -0.519. The molecule has 102 valence electrons. The number of rotatable bonds is 1. The van der Waals surface area contributed by atoms with E-state index in [1.54, 1.807) is 0 Å². The molecule has 0 saturated heterocycles. The van der Waals surface area contributed by atoms with Gasteiger partial charge in [-0.3, -0.25) is 9.78 Å². The van der Waals surface area contributed by atoms with Gasteiger partial charge in [0.25, 0.3) is 5.56 Å². The topological polar surface area (TPSA) is 88.0 Å². The monoisotopic (exact) mass is 281 g/mol. The molecule has 7 heteroatoms. The van der Waals surface area contributed by atoms with Crippen LogP contribution in [-0.4, -0.2) is 19.6 Å². The lowest BCUT2D eigenvalue weighted by Crippen LogP contribution is -2.30. The van der Waals surface area contributed by atoms with Crippen LogP contribution in [0.3, 0.4) is 0 Å². The molecule has 0 radical (unpaired) electrons. The summed E-state index contributed by atoms with van der Waals surface area (Å²) in [7, 11) is 0. The largest absolute Gasteiger partial charge is 0.494 e. The molecular weight excluding hydrogens is 266 g/mol. The first-order valence-corrected chi connectivity index (χ1v) is 6.61. The summed E-state index contributed by atoms with van der Waals surface area (Å²) in [5, 5.41) is 12.1. The van der Waals surface area contributed by atoms with E-state index in [0.29, 0.717) is 5.13 Å². The van der Waals surface area contributed by atoms with Crippen LogP contribution >= 0.6 is 11.3 Å². The minimum absolute atomic E-state index is 0.0899. The van der Waals surface area contributed by atoms with Crippen LogP contribution in [0.4, 0.5) is 0 Å². The lowest BCUT2D eigenvalue weighted by atomic mass is 9.93. The van der Waals surface area contributed by atoms with Gasteiger partial charge in [-0.25, -0.2) is 14.3 Å². The van der Waals surface area contributed by atoms with E-state index in [-0.39, 0.29) is 16.9 Å². The van der Waals surface area contributed by atoms with E-state index in [9.17, 15) is 14.7 Å². The zero-order valence-electron chi connectivity index (χ0n) is 11.1. The Bertz CT molecular complexity index is 734. The minimum Gasteiger partial charge on any atom is -0.494 e. The first kappa shape index (κ1) is 13.5. The number of hydrogen-bond donors (Lipinski definition) is 2. The highest BCUT2D eigenvalue weighted by atomic mass is 32.1. The van der Waals surface area contributed by atoms with Gasteiger partial charge in [0, 0.05) is 10.8 Å². The summed E-state index contributed by atoms with van der Waals surface area (Å²) in [4.78, 5) is 29.6. The van der Waals surface area contributed by atoms with Crippen LogP contribution in [0.5, 0.6) is 5.88 Å². The van der Waals surface area contributed by atoms with Crippen molar-refractivity contribution in [3.63, 3.8) is 0 Å². The van der Waals surface area contributed by atoms with Crippen molar-refractivity contribution in [2.45, 2.75) is 33.1 Å². The van der Waals surface area contributed by atoms with Crippen molar-refractivity contribution in [3.8, 4) is 11.0 Å². The van der Waals surface area contributed by atoms with Gasteiger partial charge in [-0.2, -0.15) is 0 Å². The summed E-state index contributed by atoms with van der Waals surface area (Å²) >= 11 is 1.24. The van der Waals surface area contributed by atoms with Gasteiger partial charge >= 0.3 is 5.69 Å². The van der Waals surface area contributed by atoms with Crippen molar-refractivity contribution in [1.29, 1.82) is 0 Å². The van der Waals surface area contributed by atoms with E-state index < -0.39 is 11.2 Å². The van der Waals surface area contributed by atoms with Gasteiger partial charge in [0.2, 0.25) is 11.0 Å². The number of nitrogens with zero attached hydrogens (tertiary/aromatic N) is 2. The Morgan fingerprint density at radius 3 is 2.53 bits per heavy atom. The average molecular weight is 281 g/mol. The summed E-state index contributed by atoms with van der Waals surface area (Å²) in [6, 6.07) is 0. The van der Waals surface area contributed by atoms with Crippen molar-refractivity contribution in [2.75, 3.05) is 0 Å². The lowest BCUT2D eigenvalue weighted by Gasteiger charge is -2.14. The molecule has 0 bridgehead atoms. The Morgan fingerprint density at radius 1 is 1.37 bits per heavy atom. The Hall–Kier alpha value is -1.89. The van der Waals surface area contributed by atoms with Gasteiger partial charge in [0.1, 0.15) is 0 Å². The van der Waals surface area contributed by atoms with E-state index in [0.717, 1.165) is 10.3 Å². The molecule has 0 amide bonds. The Labute approximate surface area is 113 Å². The van der Waals surface area contributed by atoms with Gasteiger partial charge in [-0.15, -0.1) is 11.3 Å². The quantitative estimate of drug-likeness (QED) is 0.824. The molecule has 2 aromatic rings. The molecule has 0 aliphatic rings. The number of nitrogens with one attached hydrogen (secondary N) is 1. The summed E-state index contributed by atoms with van der Waals surface area (Å²) < 4.78 is 1.01. The fraction of sp³-hybridized carbons (Fsp3) is 0.417. The van der Waals surface area contributed by atoms with Crippen LogP contribution < -0.4 is 11.2 Å². The second kappa shape index (κ2) is 4.34. The Balaban J connectivity index is 2.67. The van der Waals surface area contributed by atoms with Crippen LogP contribution in [0.2, 0.25) is 0 Å².